The molecule has 0 spiro atoms. The number of hydrogen-bond donors (Lipinski definition) is 1. The summed E-state index contributed by atoms with van der Waals surface area (Å²) in [7, 11) is 1.74. The summed E-state index contributed by atoms with van der Waals surface area (Å²) in [5, 5.41) is 0. The summed E-state index contributed by atoms with van der Waals surface area (Å²) >= 11 is 1.84. The molecule has 3 nitrogen and oxygen atoms in total. The van der Waals surface area contributed by atoms with Crippen molar-refractivity contribution in [3.05, 3.63) is 41.0 Å². The molecule has 0 aliphatic carbocycles. The van der Waals surface area contributed by atoms with Gasteiger partial charge in [0.2, 0.25) is 0 Å². The van der Waals surface area contributed by atoms with Gasteiger partial charge in [0.1, 0.15) is 0 Å². The van der Waals surface area contributed by atoms with Gasteiger partial charge in [-0.2, -0.15) is 0 Å². The molecule has 0 unspecified atom stereocenters. The van der Waals surface area contributed by atoms with Crippen LogP contribution < -0.4 is 5.73 Å². The molecule has 0 radical (unpaired) electrons. The molecular formula is C15H22N2OS. The van der Waals surface area contributed by atoms with E-state index in [1.165, 1.54) is 20.9 Å². The largest absolute Gasteiger partial charge is 0.384 e. The molecule has 4 heteroatoms. The SMILES string of the molecule is CCN.COCCc1sc(-c2ccncc2)cc1C. The van der Waals surface area contributed by atoms with E-state index >= 15 is 0 Å². The molecule has 0 saturated carbocycles. The number of pyridine rings is 1. The fourth-order valence-electron chi connectivity index (χ4n) is 1.62. The summed E-state index contributed by atoms with van der Waals surface area (Å²) < 4.78 is 5.11. The van der Waals surface area contributed by atoms with Crippen LogP contribution in [-0.4, -0.2) is 25.2 Å². The highest BCUT2D eigenvalue weighted by molar-refractivity contribution is 7.15. The Morgan fingerprint density at radius 2 is 1.95 bits per heavy atom. The van der Waals surface area contributed by atoms with Crippen molar-refractivity contribution in [1.82, 2.24) is 4.98 Å². The first-order valence-corrected chi connectivity index (χ1v) is 7.23. The molecule has 2 N–H and O–H groups in total. The van der Waals surface area contributed by atoms with Crippen molar-refractivity contribution < 1.29 is 4.74 Å². The zero-order chi connectivity index (χ0) is 14.1. The molecule has 2 aromatic rings. The van der Waals surface area contributed by atoms with E-state index in [4.69, 9.17) is 10.5 Å². The maximum absolute atomic E-state index is 5.11. The lowest BCUT2D eigenvalue weighted by Crippen LogP contribution is -1.92. The molecule has 2 aromatic heterocycles. The summed E-state index contributed by atoms with van der Waals surface area (Å²) in [6, 6.07) is 6.34. The van der Waals surface area contributed by atoms with Crippen LogP contribution in [0.2, 0.25) is 0 Å². The van der Waals surface area contributed by atoms with Gasteiger partial charge in [-0.05, 0) is 42.8 Å². The first-order valence-electron chi connectivity index (χ1n) is 6.41. The molecule has 0 atom stereocenters. The quantitative estimate of drug-likeness (QED) is 0.933. The lowest BCUT2D eigenvalue weighted by Gasteiger charge is -1.97. The van der Waals surface area contributed by atoms with E-state index in [0.717, 1.165) is 19.6 Å². The summed E-state index contributed by atoms with van der Waals surface area (Å²) in [5.41, 5.74) is 7.45. The molecule has 2 heterocycles. The number of ether oxygens (including phenoxy) is 1. The lowest BCUT2D eigenvalue weighted by atomic mass is 10.2. The van der Waals surface area contributed by atoms with Gasteiger partial charge in [0.05, 0.1) is 6.61 Å². The van der Waals surface area contributed by atoms with E-state index in [1.807, 2.05) is 42.8 Å². The number of nitrogens with two attached hydrogens (primary N) is 1. The minimum Gasteiger partial charge on any atom is -0.384 e. The van der Waals surface area contributed by atoms with Crippen molar-refractivity contribution >= 4 is 11.3 Å². The summed E-state index contributed by atoms with van der Waals surface area (Å²) in [6.07, 6.45) is 4.66. The molecule has 2 rings (SSSR count). The van der Waals surface area contributed by atoms with E-state index in [1.54, 1.807) is 7.11 Å². The molecule has 0 fully saturated rings. The maximum atomic E-state index is 5.11. The molecule has 0 saturated heterocycles. The van der Waals surface area contributed by atoms with E-state index in [0.29, 0.717) is 0 Å². The number of hydrogen-bond acceptors (Lipinski definition) is 4. The molecule has 0 bridgehead atoms. The molecule has 0 aliphatic heterocycles. The van der Waals surface area contributed by atoms with E-state index in [-0.39, 0.29) is 0 Å². The van der Waals surface area contributed by atoms with Crippen LogP contribution in [0, 0.1) is 6.92 Å². The Hall–Kier alpha value is -1.23. The highest BCUT2D eigenvalue weighted by Gasteiger charge is 2.06. The van der Waals surface area contributed by atoms with Crippen LogP contribution in [0.3, 0.4) is 0 Å². The normalized spacial score (nSPS) is 9.89. The van der Waals surface area contributed by atoms with Crippen LogP contribution in [0.4, 0.5) is 0 Å². The van der Waals surface area contributed by atoms with Crippen LogP contribution in [-0.2, 0) is 11.2 Å². The topological polar surface area (TPSA) is 48.1 Å². The molecular weight excluding hydrogens is 256 g/mol. The van der Waals surface area contributed by atoms with E-state index in [2.05, 4.69) is 18.0 Å². The van der Waals surface area contributed by atoms with Gasteiger partial charge in [-0.3, -0.25) is 4.98 Å². The fourth-order valence-corrected chi connectivity index (χ4v) is 2.78. The van der Waals surface area contributed by atoms with Crippen LogP contribution in [0.15, 0.2) is 30.6 Å². The number of nitrogens with zero attached hydrogens (tertiary/aromatic N) is 1. The molecule has 0 aliphatic rings. The molecule has 0 aromatic carbocycles. The zero-order valence-corrected chi connectivity index (χ0v) is 12.7. The Bertz CT molecular complexity index is 468. The second-order valence-corrected chi connectivity index (χ2v) is 5.24. The van der Waals surface area contributed by atoms with Crippen molar-refractivity contribution in [2.45, 2.75) is 20.3 Å². The van der Waals surface area contributed by atoms with Crippen LogP contribution in [0.5, 0.6) is 0 Å². The summed E-state index contributed by atoms with van der Waals surface area (Å²) in [4.78, 5) is 6.76. The first-order chi connectivity index (χ1) is 9.22. The van der Waals surface area contributed by atoms with Crippen molar-refractivity contribution in [3.63, 3.8) is 0 Å². The number of rotatable bonds is 4. The van der Waals surface area contributed by atoms with Crippen molar-refractivity contribution in [2.75, 3.05) is 20.3 Å². The third kappa shape index (κ3) is 5.11. The second-order valence-electron chi connectivity index (χ2n) is 4.10. The third-order valence-electron chi connectivity index (χ3n) is 2.52. The Kier molecular flexibility index (Phi) is 7.33. The Morgan fingerprint density at radius 1 is 1.32 bits per heavy atom. The van der Waals surface area contributed by atoms with Gasteiger partial charge < -0.3 is 10.5 Å². The van der Waals surface area contributed by atoms with Crippen molar-refractivity contribution in [1.29, 1.82) is 0 Å². The fraction of sp³-hybridized carbons (Fsp3) is 0.400. The second kappa shape index (κ2) is 8.80. The van der Waals surface area contributed by atoms with Gasteiger partial charge in [-0.15, -0.1) is 11.3 Å². The van der Waals surface area contributed by atoms with Gasteiger partial charge in [-0.1, -0.05) is 6.92 Å². The van der Waals surface area contributed by atoms with E-state index < -0.39 is 0 Å². The Labute approximate surface area is 119 Å². The first kappa shape index (κ1) is 15.8. The monoisotopic (exact) mass is 278 g/mol. The van der Waals surface area contributed by atoms with Gasteiger partial charge in [0, 0.05) is 35.7 Å². The minimum absolute atomic E-state index is 0.750. The molecule has 19 heavy (non-hydrogen) atoms. The van der Waals surface area contributed by atoms with Crippen LogP contribution in [0.25, 0.3) is 10.4 Å². The molecule has 104 valence electrons. The maximum Gasteiger partial charge on any atom is 0.0510 e. The smallest absolute Gasteiger partial charge is 0.0510 e. The van der Waals surface area contributed by atoms with Crippen LogP contribution in [0.1, 0.15) is 17.4 Å². The number of thiophene rings is 1. The minimum atomic E-state index is 0.750. The zero-order valence-electron chi connectivity index (χ0n) is 11.8. The van der Waals surface area contributed by atoms with Crippen LogP contribution >= 0.6 is 11.3 Å². The summed E-state index contributed by atoms with van der Waals surface area (Å²) in [5.74, 6) is 0. The third-order valence-corrected chi connectivity index (χ3v) is 3.86. The van der Waals surface area contributed by atoms with Gasteiger partial charge in [-0.25, -0.2) is 0 Å². The number of aromatic nitrogens is 1. The van der Waals surface area contributed by atoms with Gasteiger partial charge in [0.15, 0.2) is 0 Å². The highest BCUT2D eigenvalue weighted by Crippen LogP contribution is 2.31. The number of aryl methyl sites for hydroxylation is 1. The standard InChI is InChI=1S/C13H15NOS.C2H7N/c1-10-9-13(11-3-6-14-7-4-11)16-12(10)5-8-15-2;1-2-3/h3-4,6-7,9H,5,8H2,1-2H3;2-3H2,1H3. The highest BCUT2D eigenvalue weighted by atomic mass is 32.1. The van der Waals surface area contributed by atoms with Gasteiger partial charge >= 0.3 is 0 Å². The Balaban J connectivity index is 0.000000550. The van der Waals surface area contributed by atoms with Crippen molar-refractivity contribution in [3.8, 4) is 10.4 Å². The summed E-state index contributed by atoms with van der Waals surface area (Å²) in [6.45, 7) is 5.60. The molecule has 0 amide bonds. The average molecular weight is 278 g/mol. The predicted octanol–water partition coefficient (Wildman–Crippen LogP) is 3.27. The predicted molar refractivity (Wildman–Crippen MR) is 82.6 cm³/mol. The average Bonchev–Trinajstić information content (AvgIpc) is 2.80. The Morgan fingerprint density at radius 3 is 2.53 bits per heavy atom. The lowest BCUT2D eigenvalue weighted by molar-refractivity contribution is 0.203. The van der Waals surface area contributed by atoms with Gasteiger partial charge in [0.25, 0.3) is 0 Å². The van der Waals surface area contributed by atoms with Crippen molar-refractivity contribution in [2.24, 2.45) is 5.73 Å². The number of methoxy groups -OCH3 is 1. The van der Waals surface area contributed by atoms with E-state index in [9.17, 15) is 0 Å².